The van der Waals surface area contributed by atoms with Crippen molar-refractivity contribution < 1.29 is 8.78 Å². The van der Waals surface area contributed by atoms with Crippen molar-refractivity contribution in [3.8, 4) is 12.3 Å². The van der Waals surface area contributed by atoms with Crippen LogP contribution in [0.15, 0.2) is 24.3 Å². The molecule has 0 saturated carbocycles. The van der Waals surface area contributed by atoms with E-state index in [1.807, 2.05) is 0 Å². The standard InChI is InChI=1S/C12H7F2N/c1-2-9-10(14)4-3-7-5-8(13)6-11(15)12(7)9/h1,3-6H,15H2. The van der Waals surface area contributed by atoms with Crippen molar-refractivity contribution in [3.05, 3.63) is 41.5 Å². The number of hydrogen-bond donors (Lipinski definition) is 1. The molecule has 2 N–H and O–H groups in total. The van der Waals surface area contributed by atoms with Gasteiger partial charge in [-0.05, 0) is 23.6 Å². The molecule has 0 saturated heterocycles. The van der Waals surface area contributed by atoms with Gasteiger partial charge in [-0.2, -0.15) is 0 Å². The van der Waals surface area contributed by atoms with Crippen LogP contribution in [0.2, 0.25) is 0 Å². The Labute approximate surface area is 85.5 Å². The van der Waals surface area contributed by atoms with E-state index in [-0.39, 0.29) is 11.3 Å². The lowest BCUT2D eigenvalue weighted by Crippen LogP contribution is -1.94. The number of hydrogen-bond acceptors (Lipinski definition) is 1. The summed E-state index contributed by atoms with van der Waals surface area (Å²) in [5.74, 6) is 1.23. The Balaban J connectivity index is 3.00. The van der Waals surface area contributed by atoms with E-state index in [0.29, 0.717) is 10.8 Å². The van der Waals surface area contributed by atoms with Gasteiger partial charge in [0, 0.05) is 11.1 Å². The zero-order valence-corrected chi connectivity index (χ0v) is 7.72. The second kappa shape index (κ2) is 3.25. The normalized spacial score (nSPS) is 10.2. The molecule has 2 rings (SSSR count). The van der Waals surface area contributed by atoms with E-state index in [4.69, 9.17) is 12.2 Å². The zero-order chi connectivity index (χ0) is 11.0. The second-order valence-corrected chi connectivity index (χ2v) is 3.16. The minimum absolute atomic E-state index is 0.0741. The number of anilines is 1. The van der Waals surface area contributed by atoms with Crippen LogP contribution in [0.3, 0.4) is 0 Å². The van der Waals surface area contributed by atoms with Crippen molar-refractivity contribution in [2.45, 2.75) is 0 Å². The fourth-order valence-corrected chi connectivity index (χ4v) is 1.58. The number of nitrogens with two attached hydrogens (primary N) is 1. The fourth-order valence-electron chi connectivity index (χ4n) is 1.58. The van der Waals surface area contributed by atoms with Gasteiger partial charge in [-0.15, -0.1) is 6.42 Å². The van der Waals surface area contributed by atoms with E-state index in [1.165, 1.54) is 18.2 Å². The van der Waals surface area contributed by atoms with Gasteiger partial charge >= 0.3 is 0 Å². The van der Waals surface area contributed by atoms with Gasteiger partial charge in [0.05, 0.1) is 5.56 Å². The van der Waals surface area contributed by atoms with Crippen LogP contribution in [0.1, 0.15) is 5.56 Å². The van der Waals surface area contributed by atoms with Gasteiger partial charge < -0.3 is 5.73 Å². The molecule has 0 heterocycles. The summed E-state index contributed by atoms with van der Waals surface area (Å²) in [6.07, 6.45) is 5.18. The highest BCUT2D eigenvalue weighted by Crippen LogP contribution is 2.27. The topological polar surface area (TPSA) is 26.0 Å². The smallest absolute Gasteiger partial charge is 0.139 e. The van der Waals surface area contributed by atoms with Crippen LogP contribution < -0.4 is 5.73 Å². The third-order valence-corrected chi connectivity index (χ3v) is 2.21. The second-order valence-electron chi connectivity index (χ2n) is 3.16. The van der Waals surface area contributed by atoms with Crippen molar-refractivity contribution in [1.82, 2.24) is 0 Å². The highest BCUT2D eigenvalue weighted by molar-refractivity contribution is 5.97. The van der Waals surface area contributed by atoms with E-state index >= 15 is 0 Å². The highest BCUT2D eigenvalue weighted by Gasteiger charge is 2.09. The Bertz CT molecular complexity index is 582. The SMILES string of the molecule is C#Cc1c(F)ccc2cc(F)cc(N)c12. The number of benzene rings is 2. The number of terminal acetylenes is 1. The van der Waals surface area contributed by atoms with E-state index < -0.39 is 11.6 Å². The summed E-state index contributed by atoms with van der Waals surface area (Å²) < 4.78 is 26.3. The molecule has 0 amide bonds. The van der Waals surface area contributed by atoms with Gasteiger partial charge in [-0.3, -0.25) is 0 Å². The Hall–Kier alpha value is -2.08. The first-order valence-electron chi connectivity index (χ1n) is 4.27. The first-order chi connectivity index (χ1) is 7.13. The molecule has 0 atom stereocenters. The maximum atomic E-state index is 13.3. The van der Waals surface area contributed by atoms with Gasteiger partial charge in [0.15, 0.2) is 0 Å². The third kappa shape index (κ3) is 1.40. The predicted molar refractivity (Wildman–Crippen MR) is 56.2 cm³/mol. The van der Waals surface area contributed by atoms with Crippen molar-refractivity contribution in [2.75, 3.05) is 5.73 Å². The molecule has 0 aliphatic rings. The molecule has 0 aromatic heterocycles. The first-order valence-corrected chi connectivity index (χ1v) is 4.27. The Morgan fingerprint density at radius 2 is 1.93 bits per heavy atom. The zero-order valence-electron chi connectivity index (χ0n) is 7.72. The molecule has 0 radical (unpaired) electrons. The number of rotatable bonds is 0. The van der Waals surface area contributed by atoms with Gasteiger partial charge in [-0.1, -0.05) is 12.0 Å². The molecule has 0 fully saturated rings. The number of halogens is 2. The molecule has 0 spiro atoms. The summed E-state index contributed by atoms with van der Waals surface area (Å²) in [6.45, 7) is 0. The molecule has 0 bridgehead atoms. The summed E-state index contributed by atoms with van der Waals surface area (Å²) in [7, 11) is 0. The van der Waals surface area contributed by atoms with E-state index in [2.05, 4.69) is 5.92 Å². The number of fused-ring (bicyclic) bond motifs is 1. The van der Waals surface area contributed by atoms with Crippen LogP contribution in [0.4, 0.5) is 14.5 Å². The van der Waals surface area contributed by atoms with Crippen LogP contribution in [0.25, 0.3) is 10.8 Å². The summed E-state index contributed by atoms with van der Waals surface area (Å²) in [5.41, 5.74) is 5.82. The maximum Gasteiger partial charge on any atom is 0.139 e. The molecule has 3 heteroatoms. The van der Waals surface area contributed by atoms with Crippen molar-refractivity contribution >= 4 is 16.5 Å². The lowest BCUT2D eigenvalue weighted by Gasteiger charge is -2.06. The van der Waals surface area contributed by atoms with Gasteiger partial charge in [0.25, 0.3) is 0 Å². The molecular formula is C12H7F2N. The Morgan fingerprint density at radius 3 is 2.60 bits per heavy atom. The molecule has 2 aromatic carbocycles. The van der Waals surface area contributed by atoms with Crippen LogP contribution in [0, 0.1) is 24.0 Å². The summed E-state index contributed by atoms with van der Waals surface area (Å²) in [5, 5.41) is 0.890. The fraction of sp³-hybridized carbons (Fsp3) is 0. The van der Waals surface area contributed by atoms with Crippen LogP contribution in [0.5, 0.6) is 0 Å². The first kappa shape index (κ1) is 9.47. The molecule has 15 heavy (non-hydrogen) atoms. The molecule has 1 nitrogen and oxygen atoms in total. The summed E-state index contributed by atoms with van der Waals surface area (Å²) in [4.78, 5) is 0. The predicted octanol–water partition coefficient (Wildman–Crippen LogP) is 2.68. The summed E-state index contributed by atoms with van der Waals surface area (Å²) >= 11 is 0. The molecule has 74 valence electrons. The Morgan fingerprint density at radius 1 is 1.20 bits per heavy atom. The monoisotopic (exact) mass is 203 g/mol. The maximum absolute atomic E-state index is 13.3. The van der Waals surface area contributed by atoms with Crippen LogP contribution in [-0.4, -0.2) is 0 Å². The van der Waals surface area contributed by atoms with Crippen molar-refractivity contribution in [2.24, 2.45) is 0 Å². The lowest BCUT2D eigenvalue weighted by atomic mass is 10.0. The average Bonchev–Trinajstić information content (AvgIpc) is 2.18. The summed E-state index contributed by atoms with van der Waals surface area (Å²) in [6, 6.07) is 5.05. The molecule has 2 aromatic rings. The highest BCUT2D eigenvalue weighted by atomic mass is 19.1. The largest absolute Gasteiger partial charge is 0.398 e. The molecule has 0 aliphatic carbocycles. The molecule has 0 unspecified atom stereocenters. The van der Waals surface area contributed by atoms with Gasteiger partial charge in [-0.25, -0.2) is 8.78 Å². The van der Waals surface area contributed by atoms with E-state index in [9.17, 15) is 8.78 Å². The lowest BCUT2D eigenvalue weighted by molar-refractivity contribution is 0.624. The van der Waals surface area contributed by atoms with Gasteiger partial charge in [0.1, 0.15) is 11.6 Å². The quantitative estimate of drug-likeness (QED) is 0.517. The number of nitrogen functional groups attached to an aromatic ring is 1. The minimum atomic E-state index is -0.525. The van der Waals surface area contributed by atoms with Crippen LogP contribution in [-0.2, 0) is 0 Å². The van der Waals surface area contributed by atoms with Crippen molar-refractivity contribution in [1.29, 1.82) is 0 Å². The van der Waals surface area contributed by atoms with Crippen LogP contribution >= 0.6 is 0 Å². The molecule has 0 aliphatic heterocycles. The van der Waals surface area contributed by atoms with E-state index in [0.717, 1.165) is 6.07 Å². The molecular weight excluding hydrogens is 196 g/mol. The van der Waals surface area contributed by atoms with Crippen molar-refractivity contribution in [3.63, 3.8) is 0 Å². The van der Waals surface area contributed by atoms with E-state index in [1.54, 1.807) is 0 Å². The third-order valence-electron chi connectivity index (χ3n) is 2.21. The average molecular weight is 203 g/mol. The Kier molecular flexibility index (Phi) is 2.05. The minimum Gasteiger partial charge on any atom is -0.398 e. The van der Waals surface area contributed by atoms with Gasteiger partial charge in [0.2, 0.25) is 0 Å².